The van der Waals surface area contributed by atoms with Gasteiger partial charge in [-0.25, -0.2) is 0 Å². The van der Waals surface area contributed by atoms with E-state index in [-0.39, 0.29) is 18.1 Å². The van der Waals surface area contributed by atoms with Crippen molar-refractivity contribution in [2.75, 3.05) is 20.3 Å². The third kappa shape index (κ3) is 3.57. The van der Waals surface area contributed by atoms with E-state index in [1.807, 2.05) is 31.2 Å². The number of aliphatic hydroxyl groups excluding tert-OH is 1. The maximum Gasteiger partial charge on any atom is 0.125 e. The van der Waals surface area contributed by atoms with Gasteiger partial charge in [0.15, 0.2) is 0 Å². The van der Waals surface area contributed by atoms with Crippen LogP contribution in [0.15, 0.2) is 24.3 Å². The maximum absolute atomic E-state index is 10.8. The quantitative estimate of drug-likeness (QED) is 0.820. The fraction of sp³-hybridized carbons (Fsp3) is 0.647. The first-order valence-corrected chi connectivity index (χ1v) is 7.60. The highest BCUT2D eigenvalue weighted by Crippen LogP contribution is 2.42. The SMILES string of the molecule is COCCOc1ccccc1C(O)C1C(C)OC(C)C1C. The number of rotatable bonds is 6. The molecule has 4 nitrogen and oxygen atoms in total. The molecule has 4 heteroatoms. The molecule has 0 aromatic heterocycles. The van der Waals surface area contributed by atoms with Crippen LogP contribution in [0.1, 0.15) is 32.4 Å². The van der Waals surface area contributed by atoms with Gasteiger partial charge in [-0.05, 0) is 25.8 Å². The largest absolute Gasteiger partial charge is 0.491 e. The number of hydrogen-bond acceptors (Lipinski definition) is 4. The standard InChI is InChI=1S/C17H26O4/c1-11-12(2)21-13(3)16(11)17(18)14-7-5-6-8-15(14)20-10-9-19-4/h5-8,11-13,16-18H,9-10H2,1-4H3. The van der Waals surface area contributed by atoms with Crippen molar-refractivity contribution >= 4 is 0 Å². The van der Waals surface area contributed by atoms with Crippen molar-refractivity contribution in [2.24, 2.45) is 11.8 Å². The molecule has 0 saturated carbocycles. The topological polar surface area (TPSA) is 47.9 Å². The Labute approximate surface area is 127 Å². The first-order chi connectivity index (χ1) is 10.1. The molecule has 1 aromatic carbocycles. The summed E-state index contributed by atoms with van der Waals surface area (Å²) in [6.07, 6.45) is -0.378. The van der Waals surface area contributed by atoms with Gasteiger partial charge in [0.05, 0.1) is 24.9 Å². The highest BCUT2D eigenvalue weighted by atomic mass is 16.5. The summed E-state index contributed by atoms with van der Waals surface area (Å²) in [5, 5.41) is 10.8. The Morgan fingerprint density at radius 1 is 1.14 bits per heavy atom. The second kappa shape index (κ2) is 7.25. The molecular formula is C17H26O4. The lowest BCUT2D eigenvalue weighted by Gasteiger charge is -2.26. The van der Waals surface area contributed by atoms with Gasteiger partial charge in [0.25, 0.3) is 0 Å². The zero-order valence-corrected chi connectivity index (χ0v) is 13.3. The molecule has 0 aliphatic carbocycles. The van der Waals surface area contributed by atoms with E-state index < -0.39 is 6.10 Å². The van der Waals surface area contributed by atoms with Crippen LogP contribution < -0.4 is 4.74 Å². The first-order valence-electron chi connectivity index (χ1n) is 7.60. The molecule has 1 aliphatic heterocycles. The summed E-state index contributed by atoms with van der Waals surface area (Å²) in [6, 6.07) is 7.66. The number of para-hydroxylation sites is 1. The fourth-order valence-electron chi connectivity index (χ4n) is 3.14. The first kappa shape index (κ1) is 16.3. The third-order valence-electron chi connectivity index (χ3n) is 4.47. The van der Waals surface area contributed by atoms with E-state index >= 15 is 0 Å². The molecule has 0 spiro atoms. The van der Waals surface area contributed by atoms with Gasteiger partial charge in [-0.2, -0.15) is 0 Å². The van der Waals surface area contributed by atoms with Crippen LogP contribution in [0, 0.1) is 11.8 Å². The average molecular weight is 294 g/mol. The van der Waals surface area contributed by atoms with Crippen LogP contribution in [0.4, 0.5) is 0 Å². The minimum Gasteiger partial charge on any atom is -0.491 e. The lowest BCUT2D eigenvalue weighted by atomic mass is 9.82. The van der Waals surface area contributed by atoms with Crippen LogP contribution in [-0.2, 0) is 9.47 Å². The summed E-state index contributed by atoms with van der Waals surface area (Å²) in [5.74, 6) is 1.11. The summed E-state index contributed by atoms with van der Waals surface area (Å²) in [7, 11) is 1.64. The van der Waals surface area contributed by atoms with Gasteiger partial charge < -0.3 is 19.3 Å². The van der Waals surface area contributed by atoms with E-state index in [2.05, 4.69) is 13.8 Å². The van der Waals surface area contributed by atoms with Gasteiger partial charge in [-0.15, -0.1) is 0 Å². The average Bonchev–Trinajstić information content (AvgIpc) is 2.72. The molecule has 1 aliphatic rings. The second-order valence-electron chi connectivity index (χ2n) is 5.81. The van der Waals surface area contributed by atoms with Crippen LogP contribution in [0.25, 0.3) is 0 Å². The van der Waals surface area contributed by atoms with Crippen LogP contribution in [0.3, 0.4) is 0 Å². The van der Waals surface area contributed by atoms with Gasteiger partial charge in [0, 0.05) is 18.6 Å². The van der Waals surface area contributed by atoms with E-state index in [1.165, 1.54) is 0 Å². The van der Waals surface area contributed by atoms with E-state index in [9.17, 15) is 5.11 Å². The molecule has 0 bridgehead atoms. The molecule has 1 N–H and O–H groups in total. The van der Waals surface area contributed by atoms with Gasteiger partial charge in [-0.3, -0.25) is 0 Å². The molecule has 118 valence electrons. The predicted octanol–water partition coefficient (Wildman–Crippen LogP) is 2.80. The summed E-state index contributed by atoms with van der Waals surface area (Å²) < 4.78 is 16.6. The Bertz CT molecular complexity index is 448. The molecule has 5 atom stereocenters. The molecule has 1 saturated heterocycles. The van der Waals surface area contributed by atoms with E-state index in [1.54, 1.807) is 7.11 Å². The molecule has 1 heterocycles. The minimum absolute atomic E-state index is 0.0389. The van der Waals surface area contributed by atoms with Crippen molar-refractivity contribution in [1.82, 2.24) is 0 Å². The zero-order chi connectivity index (χ0) is 15.4. The molecule has 1 fully saturated rings. The third-order valence-corrected chi connectivity index (χ3v) is 4.47. The number of hydrogen-bond donors (Lipinski definition) is 1. The zero-order valence-electron chi connectivity index (χ0n) is 13.3. The Kier molecular flexibility index (Phi) is 5.62. The predicted molar refractivity (Wildman–Crippen MR) is 81.4 cm³/mol. The highest BCUT2D eigenvalue weighted by Gasteiger charge is 2.42. The molecule has 5 unspecified atom stereocenters. The van der Waals surface area contributed by atoms with Crippen molar-refractivity contribution in [3.8, 4) is 5.75 Å². The molecule has 0 amide bonds. The maximum atomic E-state index is 10.8. The molecule has 2 rings (SSSR count). The molecule has 1 aromatic rings. The fourth-order valence-corrected chi connectivity index (χ4v) is 3.14. The Morgan fingerprint density at radius 3 is 2.48 bits per heavy atom. The highest BCUT2D eigenvalue weighted by molar-refractivity contribution is 5.35. The number of methoxy groups -OCH3 is 1. The van der Waals surface area contributed by atoms with Crippen molar-refractivity contribution in [3.05, 3.63) is 29.8 Å². The van der Waals surface area contributed by atoms with Crippen molar-refractivity contribution < 1.29 is 19.3 Å². The summed E-state index contributed by atoms with van der Waals surface area (Å²) >= 11 is 0. The second-order valence-corrected chi connectivity index (χ2v) is 5.81. The van der Waals surface area contributed by atoms with Gasteiger partial charge in [0.1, 0.15) is 12.4 Å². The van der Waals surface area contributed by atoms with Crippen LogP contribution in [-0.4, -0.2) is 37.6 Å². The van der Waals surface area contributed by atoms with Crippen LogP contribution >= 0.6 is 0 Å². The Balaban J connectivity index is 2.16. The van der Waals surface area contributed by atoms with Gasteiger partial charge in [-0.1, -0.05) is 25.1 Å². The smallest absolute Gasteiger partial charge is 0.125 e. The van der Waals surface area contributed by atoms with Crippen molar-refractivity contribution in [2.45, 2.75) is 39.1 Å². The van der Waals surface area contributed by atoms with Crippen molar-refractivity contribution in [3.63, 3.8) is 0 Å². The summed E-state index contributed by atoms with van der Waals surface area (Å²) in [6.45, 7) is 7.23. The minimum atomic E-state index is -0.585. The molecule has 0 radical (unpaired) electrons. The lowest BCUT2D eigenvalue weighted by molar-refractivity contribution is 0.0220. The van der Waals surface area contributed by atoms with E-state index in [0.717, 1.165) is 11.3 Å². The molecule has 21 heavy (non-hydrogen) atoms. The van der Waals surface area contributed by atoms with Crippen LogP contribution in [0.5, 0.6) is 5.75 Å². The number of aliphatic hydroxyl groups is 1. The van der Waals surface area contributed by atoms with Crippen molar-refractivity contribution in [1.29, 1.82) is 0 Å². The Morgan fingerprint density at radius 2 is 1.86 bits per heavy atom. The normalized spacial score (nSPS) is 30.3. The number of benzene rings is 1. The van der Waals surface area contributed by atoms with Gasteiger partial charge >= 0.3 is 0 Å². The van der Waals surface area contributed by atoms with Gasteiger partial charge in [0.2, 0.25) is 0 Å². The summed E-state index contributed by atoms with van der Waals surface area (Å²) in [5.41, 5.74) is 0.829. The van der Waals surface area contributed by atoms with Crippen LogP contribution in [0.2, 0.25) is 0 Å². The van der Waals surface area contributed by atoms with E-state index in [4.69, 9.17) is 14.2 Å². The summed E-state index contributed by atoms with van der Waals surface area (Å²) in [4.78, 5) is 0. The lowest BCUT2D eigenvalue weighted by Crippen LogP contribution is -2.25. The number of ether oxygens (including phenoxy) is 3. The van der Waals surface area contributed by atoms with E-state index in [0.29, 0.717) is 19.1 Å². The monoisotopic (exact) mass is 294 g/mol. The Hall–Kier alpha value is -1.10. The molecular weight excluding hydrogens is 268 g/mol.